The lowest BCUT2D eigenvalue weighted by atomic mass is 10.1. The number of benzene rings is 1. The monoisotopic (exact) mass is 436 g/mol. The van der Waals surface area contributed by atoms with Gasteiger partial charge in [0, 0.05) is 31.2 Å². The molecule has 2 N–H and O–H groups in total. The number of piperidine rings is 1. The predicted molar refractivity (Wildman–Crippen MR) is 121 cm³/mol. The molecule has 0 saturated carbocycles. The van der Waals surface area contributed by atoms with Gasteiger partial charge in [0.05, 0.1) is 17.3 Å². The molecule has 4 heterocycles. The first kappa shape index (κ1) is 19.5. The van der Waals surface area contributed by atoms with Crippen molar-refractivity contribution in [3.05, 3.63) is 52.2 Å². The van der Waals surface area contributed by atoms with Crippen LogP contribution in [0.1, 0.15) is 19.3 Å². The average molecular weight is 437 g/mol. The van der Waals surface area contributed by atoms with Gasteiger partial charge in [-0.1, -0.05) is 11.6 Å². The molecule has 9 nitrogen and oxygen atoms in total. The van der Waals surface area contributed by atoms with Gasteiger partial charge in [-0.2, -0.15) is 4.98 Å². The normalized spacial score (nSPS) is 14.2. The second-order valence-electron chi connectivity index (χ2n) is 7.57. The fourth-order valence-corrected chi connectivity index (χ4v) is 4.03. The highest BCUT2D eigenvalue weighted by Crippen LogP contribution is 2.28. The number of fused-ring (bicyclic) bond motifs is 1. The van der Waals surface area contributed by atoms with Crippen LogP contribution in [0, 0.1) is 0 Å². The molecule has 31 heavy (non-hydrogen) atoms. The van der Waals surface area contributed by atoms with Crippen LogP contribution in [0.2, 0.25) is 5.02 Å². The molecule has 0 amide bonds. The van der Waals surface area contributed by atoms with E-state index in [2.05, 4.69) is 35.4 Å². The Morgan fingerprint density at radius 2 is 2.00 bits per heavy atom. The molecule has 158 valence electrons. The summed E-state index contributed by atoms with van der Waals surface area (Å²) in [6.07, 6.45) is 6.61. The van der Waals surface area contributed by atoms with E-state index in [1.165, 1.54) is 12.7 Å². The number of rotatable bonds is 4. The van der Waals surface area contributed by atoms with Crippen molar-refractivity contribution in [1.82, 2.24) is 29.7 Å². The van der Waals surface area contributed by atoms with E-state index in [0.717, 1.165) is 42.5 Å². The number of aromatic nitrogens is 6. The molecule has 0 unspecified atom stereocenters. The Kier molecular flexibility index (Phi) is 5.03. The van der Waals surface area contributed by atoms with E-state index in [0.29, 0.717) is 28.2 Å². The Labute approximate surface area is 183 Å². The summed E-state index contributed by atoms with van der Waals surface area (Å²) in [7, 11) is 1.74. The lowest BCUT2D eigenvalue weighted by Gasteiger charge is -2.26. The quantitative estimate of drug-likeness (QED) is 0.504. The van der Waals surface area contributed by atoms with E-state index in [9.17, 15) is 4.79 Å². The van der Waals surface area contributed by atoms with E-state index in [1.807, 2.05) is 24.3 Å². The number of aryl methyl sites for hydroxylation is 1. The largest absolute Gasteiger partial charge is 0.341 e. The third-order valence-electron chi connectivity index (χ3n) is 5.53. The summed E-state index contributed by atoms with van der Waals surface area (Å²) in [5.74, 6) is 1.67. The molecule has 1 saturated heterocycles. The number of halogens is 1. The summed E-state index contributed by atoms with van der Waals surface area (Å²) in [5, 5.41) is 12.4. The number of aromatic amines is 1. The summed E-state index contributed by atoms with van der Waals surface area (Å²) in [5.41, 5.74) is 1.92. The first-order valence-corrected chi connectivity index (χ1v) is 10.5. The topological polar surface area (TPSA) is 105 Å². The maximum atomic E-state index is 12.7. The Balaban J connectivity index is 1.51. The fraction of sp³-hybridized carbons (Fsp3) is 0.286. The molecule has 0 atom stereocenters. The van der Waals surface area contributed by atoms with E-state index in [-0.39, 0.29) is 5.56 Å². The van der Waals surface area contributed by atoms with Gasteiger partial charge < -0.3 is 19.8 Å². The third kappa shape index (κ3) is 3.72. The minimum absolute atomic E-state index is 0.144. The highest BCUT2D eigenvalue weighted by molar-refractivity contribution is 6.32. The van der Waals surface area contributed by atoms with Gasteiger partial charge in [0.2, 0.25) is 5.95 Å². The molecule has 0 aliphatic carbocycles. The second-order valence-corrected chi connectivity index (χ2v) is 7.98. The van der Waals surface area contributed by atoms with Crippen LogP contribution in [-0.4, -0.2) is 42.8 Å². The first-order chi connectivity index (χ1) is 15.1. The van der Waals surface area contributed by atoms with Gasteiger partial charge in [0.15, 0.2) is 11.6 Å². The standard InChI is InChI=1S/C21H21ClN8O/c1-29-17-6-5-14(9-13(17)10-15(20(29)31)18-24-12-25-28-18)26-19-16(22)11-23-21(27-19)30-7-3-2-4-8-30/h5-6,9-12H,2-4,7-8H2,1H3,(H,23,26,27)(H,24,25,28). The number of H-pyrrole nitrogens is 1. The average Bonchev–Trinajstić information content (AvgIpc) is 3.33. The lowest BCUT2D eigenvalue weighted by molar-refractivity contribution is 0.568. The number of pyridine rings is 1. The molecule has 1 aromatic carbocycles. The molecule has 0 spiro atoms. The molecule has 1 aliphatic rings. The zero-order valence-electron chi connectivity index (χ0n) is 17.0. The zero-order valence-corrected chi connectivity index (χ0v) is 17.7. The van der Waals surface area contributed by atoms with Crippen molar-refractivity contribution in [1.29, 1.82) is 0 Å². The molecule has 10 heteroatoms. The van der Waals surface area contributed by atoms with Crippen molar-refractivity contribution < 1.29 is 0 Å². The Morgan fingerprint density at radius 3 is 2.77 bits per heavy atom. The molecule has 1 aliphatic heterocycles. The molecule has 1 fully saturated rings. The van der Waals surface area contributed by atoms with Crippen LogP contribution in [0.25, 0.3) is 22.3 Å². The third-order valence-corrected chi connectivity index (χ3v) is 5.81. The second kappa shape index (κ2) is 7.99. The van der Waals surface area contributed by atoms with E-state index < -0.39 is 0 Å². The fourth-order valence-electron chi connectivity index (χ4n) is 3.90. The van der Waals surface area contributed by atoms with Crippen molar-refractivity contribution >= 4 is 40.0 Å². The Bertz CT molecular complexity index is 1290. The van der Waals surface area contributed by atoms with Gasteiger partial charge >= 0.3 is 0 Å². The zero-order chi connectivity index (χ0) is 21.4. The summed E-state index contributed by atoms with van der Waals surface area (Å²) < 4.78 is 1.60. The minimum Gasteiger partial charge on any atom is -0.341 e. The molecular formula is C21H21ClN8O. The minimum atomic E-state index is -0.144. The number of hydrogen-bond donors (Lipinski definition) is 2. The van der Waals surface area contributed by atoms with Crippen LogP contribution in [0.4, 0.5) is 17.5 Å². The summed E-state index contributed by atoms with van der Waals surface area (Å²) >= 11 is 6.37. The summed E-state index contributed by atoms with van der Waals surface area (Å²) in [4.78, 5) is 26.8. The van der Waals surface area contributed by atoms with Gasteiger partial charge in [-0.15, -0.1) is 10.2 Å². The highest BCUT2D eigenvalue weighted by atomic mass is 35.5. The molecular weight excluding hydrogens is 416 g/mol. The number of nitrogens with zero attached hydrogens (tertiary/aromatic N) is 6. The maximum absolute atomic E-state index is 12.7. The SMILES string of the molecule is Cn1c(=O)c(-c2nnc[nH]2)cc2cc(Nc3nc(N4CCCCC4)ncc3Cl)ccc21. The van der Waals surface area contributed by atoms with Gasteiger partial charge in [-0.25, -0.2) is 4.98 Å². The molecule has 5 rings (SSSR count). The summed E-state index contributed by atoms with van der Waals surface area (Å²) in [6.45, 7) is 1.91. The van der Waals surface area contributed by atoms with E-state index in [4.69, 9.17) is 11.6 Å². The van der Waals surface area contributed by atoms with E-state index in [1.54, 1.807) is 17.8 Å². The van der Waals surface area contributed by atoms with Crippen LogP contribution in [0.3, 0.4) is 0 Å². The van der Waals surface area contributed by atoms with Crippen LogP contribution in [0.5, 0.6) is 0 Å². The first-order valence-electron chi connectivity index (χ1n) is 10.1. The van der Waals surface area contributed by atoms with Crippen molar-refractivity contribution in [2.24, 2.45) is 7.05 Å². The molecule has 3 aromatic heterocycles. The van der Waals surface area contributed by atoms with Gasteiger partial charge in [0.1, 0.15) is 11.3 Å². The van der Waals surface area contributed by atoms with E-state index >= 15 is 0 Å². The number of nitrogens with one attached hydrogen (secondary N) is 2. The highest BCUT2D eigenvalue weighted by Gasteiger charge is 2.16. The van der Waals surface area contributed by atoms with Gasteiger partial charge in [0.25, 0.3) is 5.56 Å². The smallest absolute Gasteiger partial charge is 0.261 e. The van der Waals surface area contributed by atoms with Crippen LogP contribution < -0.4 is 15.8 Å². The van der Waals surface area contributed by atoms with Crippen LogP contribution in [-0.2, 0) is 7.05 Å². The van der Waals surface area contributed by atoms with Crippen molar-refractivity contribution in [2.45, 2.75) is 19.3 Å². The van der Waals surface area contributed by atoms with Gasteiger partial charge in [-0.05, 0) is 43.5 Å². The predicted octanol–water partition coefficient (Wildman–Crippen LogP) is 3.50. The van der Waals surface area contributed by atoms with Crippen molar-refractivity contribution in [3.63, 3.8) is 0 Å². The molecule has 4 aromatic rings. The van der Waals surface area contributed by atoms with Crippen molar-refractivity contribution in [3.8, 4) is 11.4 Å². The summed E-state index contributed by atoms with van der Waals surface area (Å²) in [6, 6.07) is 7.55. The van der Waals surface area contributed by atoms with Crippen LogP contribution >= 0.6 is 11.6 Å². The number of anilines is 3. The lowest BCUT2D eigenvalue weighted by Crippen LogP contribution is -2.31. The Morgan fingerprint density at radius 1 is 1.16 bits per heavy atom. The van der Waals surface area contributed by atoms with Crippen LogP contribution in [0.15, 0.2) is 41.6 Å². The van der Waals surface area contributed by atoms with Gasteiger partial charge in [-0.3, -0.25) is 4.79 Å². The van der Waals surface area contributed by atoms with Crippen molar-refractivity contribution in [2.75, 3.05) is 23.3 Å². The Hall–Kier alpha value is -3.46. The molecule has 0 radical (unpaired) electrons. The molecule has 0 bridgehead atoms. The number of hydrogen-bond acceptors (Lipinski definition) is 7. The maximum Gasteiger partial charge on any atom is 0.261 e.